The average molecular weight is 404 g/mol. The molecule has 2 aromatic carbocycles. The number of benzene rings is 2. The quantitative estimate of drug-likeness (QED) is 0.468. The molecule has 0 aliphatic rings. The van der Waals surface area contributed by atoms with Gasteiger partial charge in [-0.15, -0.1) is 10.2 Å². The Kier molecular flexibility index (Phi) is 5.38. The molecular formula is C17H16N4O6S. The van der Waals surface area contributed by atoms with Gasteiger partial charge < -0.3 is 9.15 Å². The molecule has 1 N–H and O–H groups in total. The van der Waals surface area contributed by atoms with Gasteiger partial charge >= 0.3 is 5.69 Å². The summed E-state index contributed by atoms with van der Waals surface area (Å²) in [5.74, 6) is 0.561. The smallest absolute Gasteiger partial charge is 0.312 e. The highest BCUT2D eigenvalue weighted by molar-refractivity contribution is 7.89. The Balaban J connectivity index is 1.88. The van der Waals surface area contributed by atoms with Crippen LogP contribution in [0.5, 0.6) is 11.5 Å². The van der Waals surface area contributed by atoms with Gasteiger partial charge in [-0.2, -0.15) is 0 Å². The van der Waals surface area contributed by atoms with E-state index in [1.54, 1.807) is 38.1 Å². The third-order valence-electron chi connectivity index (χ3n) is 3.52. The van der Waals surface area contributed by atoms with Gasteiger partial charge in [0.25, 0.3) is 0 Å². The third-order valence-corrected chi connectivity index (χ3v) is 5.17. The van der Waals surface area contributed by atoms with Crippen LogP contribution in [-0.4, -0.2) is 29.6 Å². The van der Waals surface area contributed by atoms with E-state index in [2.05, 4.69) is 14.9 Å². The van der Waals surface area contributed by atoms with Crippen LogP contribution in [0.25, 0.3) is 11.5 Å². The number of rotatable bonds is 7. The summed E-state index contributed by atoms with van der Waals surface area (Å²) in [5.41, 5.74) is 0.188. The van der Waals surface area contributed by atoms with Crippen molar-refractivity contribution < 1.29 is 22.5 Å². The molecule has 3 aromatic rings. The number of nitrogens with one attached hydrogen (secondary N) is 1. The Morgan fingerprint density at radius 2 is 1.89 bits per heavy atom. The number of ether oxygens (including phenoxy) is 1. The van der Waals surface area contributed by atoms with E-state index in [1.807, 2.05) is 0 Å². The zero-order chi connectivity index (χ0) is 20.3. The summed E-state index contributed by atoms with van der Waals surface area (Å²) in [7, 11) is -3.87. The first-order valence-electron chi connectivity index (χ1n) is 8.11. The minimum atomic E-state index is -3.87. The average Bonchev–Trinajstić information content (AvgIpc) is 3.16. The molecule has 0 aliphatic carbocycles. The van der Waals surface area contributed by atoms with Crippen LogP contribution in [0.3, 0.4) is 0 Å². The zero-order valence-electron chi connectivity index (χ0n) is 14.9. The van der Waals surface area contributed by atoms with Crippen molar-refractivity contribution in [3.8, 4) is 23.0 Å². The lowest BCUT2D eigenvalue weighted by Gasteiger charge is -2.11. The number of hydrogen-bond acceptors (Lipinski definition) is 8. The van der Waals surface area contributed by atoms with E-state index >= 15 is 0 Å². The standard InChI is InChI=1S/C17H16N4O6S/c1-11(2)20-28(24,25)14-7-8-16(15(9-14)21(22)23)27-13-5-3-12(4-6-13)17-19-18-10-26-17/h3-11,20H,1-2H3. The van der Waals surface area contributed by atoms with Crippen LogP contribution >= 0.6 is 0 Å². The Bertz CT molecular complexity index is 1080. The van der Waals surface area contributed by atoms with Crippen molar-refractivity contribution in [3.63, 3.8) is 0 Å². The highest BCUT2D eigenvalue weighted by Gasteiger charge is 2.23. The topological polar surface area (TPSA) is 137 Å². The van der Waals surface area contributed by atoms with Gasteiger partial charge in [-0.3, -0.25) is 10.1 Å². The number of hydrogen-bond donors (Lipinski definition) is 1. The van der Waals surface area contributed by atoms with Crippen LogP contribution in [0.1, 0.15) is 13.8 Å². The van der Waals surface area contributed by atoms with E-state index in [1.165, 1.54) is 18.5 Å². The van der Waals surface area contributed by atoms with Crippen LogP contribution < -0.4 is 9.46 Å². The molecule has 28 heavy (non-hydrogen) atoms. The minimum absolute atomic E-state index is 0.0842. The first-order chi connectivity index (χ1) is 13.3. The summed E-state index contributed by atoms with van der Waals surface area (Å²) in [5, 5.41) is 18.8. The molecule has 0 atom stereocenters. The van der Waals surface area contributed by atoms with Gasteiger partial charge in [0.15, 0.2) is 0 Å². The van der Waals surface area contributed by atoms with Gasteiger partial charge in [-0.1, -0.05) is 0 Å². The summed E-state index contributed by atoms with van der Waals surface area (Å²) in [4.78, 5) is 10.5. The lowest BCUT2D eigenvalue weighted by atomic mass is 10.2. The first kappa shape index (κ1) is 19.5. The van der Waals surface area contributed by atoms with Gasteiger partial charge in [0.1, 0.15) is 5.75 Å². The maximum Gasteiger partial charge on any atom is 0.312 e. The molecule has 3 rings (SSSR count). The summed E-state index contributed by atoms with van der Waals surface area (Å²) in [6.45, 7) is 3.31. The van der Waals surface area contributed by atoms with Crippen molar-refractivity contribution >= 4 is 15.7 Å². The van der Waals surface area contributed by atoms with Gasteiger partial charge in [-0.05, 0) is 50.2 Å². The van der Waals surface area contributed by atoms with Crippen LogP contribution in [0.2, 0.25) is 0 Å². The summed E-state index contributed by atoms with van der Waals surface area (Å²) in [6.07, 6.45) is 1.20. The SMILES string of the molecule is CC(C)NS(=O)(=O)c1ccc(Oc2ccc(-c3nnco3)cc2)c([N+](=O)[O-])c1. The number of aromatic nitrogens is 2. The van der Waals surface area contributed by atoms with Crippen LogP contribution in [0.15, 0.2) is 58.2 Å². The number of nitro benzene ring substituents is 1. The summed E-state index contributed by atoms with van der Waals surface area (Å²) in [6, 6.07) is 9.58. The third kappa shape index (κ3) is 4.32. The van der Waals surface area contributed by atoms with Crippen LogP contribution in [0, 0.1) is 10.1 Å². The number of sulfonamides is 1. The molecular weight excluding hydrogens is 388 g/mol. The molecule has 0 fully saturated rings. The van der Waals surface area contributed by atoms with Gasteiger partial charge in [0, 0.05) is 17.7 Å². The van der Waals surface area contributed by atoms with Gasteiger partial charge in [0.05, 0.1) is 9.82 Å². The molecule has 10 nitrogen and oxygen atoms in total. The molecule has 0 saturated heterocycles. The Morgan fingerprint density at radius 3 is 2.46 bits per heavy atom. The Labute approximate surface area is 160 Å². The second kappa shape index (κ2) is 7.74. The normalized spacial score (nSPS) is 11.5. The zero-order valence-corrected chi connectivity index (χ0v) is 15.7. The van der Waals surface area contributed by atoms with E-state index in [0.29, 0.717) is 17.2 Å². The fourth-order valence-electron chi connectivity index (χ4n) is 2.36. The molecule has 1 heterocycles. The van der Waals surface area contributed by atoms with Crippen LogP contribution in [0.4, 0.5) is 5.69 Å². The monoisotopic (exact) mass is 404 g/mol. The Hall–Kier alpha value is -3.31. The molecule has 0 aliphatic heterocycles. The molecule has 0 bridgehead atoms. The summed E-state index contributed by atoms with van der Waals surface area (Å²) < 4.78 is 37.5. The van der Waals surface area contributed by atoms with E-state index in [0.717, 1.165) is 6.07 Å². The molecule has 11 heteroatoms. The summed E-state index contributed by atoms with van der Waals surface area (Å²) >= 11 is 0. The van der Waals surface area contributed by atoms with E-state index in [9.17, 15) is 18.5 Å². The number of nitrogens with zero attached hydrogens (tertiary/aromatic N) is 3. The van der Waals surface area contributed by atoms with Gasteiger partial charge in [0.2, 0.25) is 28.1 Å². The highest BCUT2D eigenvalue weighted by atomic mass is 32.2. The first-order valence-corrected chi connectivity index (χ1v) is 9.60. The molecule has 146 valence electrons. The molecule has 0 radical (unpaired) electrons. The Morgan fingerprint density at radius 1 is 1.18 bits per heavy atom. The van der Waals surface area contributed by atoms with Crippen LogP contribution in [-0.2, 0) is 10.0 Å². The molecule has 0 amide bonds. The van der Waals surface area contributed by atoms with E-state index < -0.39 is 20.6 Å². The number of nitro groups is 1. The second-order valence-electron chi connectivity index (χ2n) is 6.03. The fraction of sp³-hybridized carbons (Fsp3) is 0.176. The van der Waals surface area contributed by atoms with E-state index in [4.69, 9.17) is 9.15 Å². The largest absolute Gasteiger partial charge is 0.450 e. The second-order valence-corrected chi connectivity index (χ2v) is 7.75. The highest BCUT2D eigenvalue weighted by Crippen LogP contribution is 2.34. The maximum absolute atomic E-state index is 12.2. The molecule has 0 spiro atoms. The van der Waals surface area contributed by atoms with E-state index in [-0.39, 0.29) is 16.7 Å². The molecule has 0 unspecified atom stereocenters. The predicted octanol–water partition coefficient (Wildman–Crippen LogP) is 3.12. The van der Waals surface area contributed by atoms with Crippen molar-refractivity contribution in [2.24, 2.45) is 0 Å². The lowest BCUT2D eigenvalue weighted by Crippen LogP contribution is -2.30. The maximum atomic E-state index is 12.2. The van der Waals surface area contributed by atoms with Gasteiger partial charge in [-0.25, -0.2) is 13.1 Å². The minimum Gasteiger partial charge on any atom is -0.450 e. The van der Waals surface area contributed by atoms with Crippen molar-refractivity contribution in [2.45, 2.75) is 24.8 Å². The lowest BCUT2D eigenvalue weighted by molar-refractivity contribution is -0.385. The molecule has 0 saturated carbocycles. The van der Waals surface area contributed by atoms with Crippen molar-refractivity contribution in [3.05, 3.63) is 59.0 Å². The fourth-order valence-corrected chi connectivity index (χ4v) is 3.63. The predicted molar refractivity (Wildman–Crippen MR) is 98.4 cm³/mol. The van der Waals surface area contributed by atoms with Crippen molar-refractivity contribution in [1.82, 2.24) is 14.9 Å². The van der Waals surface area contributed by atoms with Crippen molar-refractivity contribution in [2.75, 3.05) is 0 Å². The van der Waals surface area contributed by atoms with Crippen molar-refractivity contribution in [1.29, 1.82) is 0 Å². The molecule has 1 aromatic heterocycles.